The van der Waals surface area contributed by atoms with Crippen molar-refractivity contribution in [3.8, 4) is 11.5 Å². The van der Waals surface area contributed by atoms with Crippen molar-refractivity contribution in [2.75, 3.05) is 19.7 Å². The molecule has 0 bridgehead atoms. The van der Waals surface area contributed by atoms with E-state index in [1.807, 2.05) is 24.3 Å². The Morgan fingerprint density at radius 2 is 1.81 bits per heavy atom. The summed E-state index contributed by atoms with van der Waals surface area (Å²) in [4.78, 5) is 1.82. The number of aromatic nitrogens is 2. The Bertz CT molecular complexity index is 774. The summed E-state index contributed by atoms with van der Waals surface area (Å²) in [5.74, 6) is 3.13. The molecule has 0 radical (unpaired) electrons. The molecular formula is C19H28N3O3S+. The molecule has 0 fully saturated rings. The van der Waals surface area contributed by atoms with Crippen LogP contribution in [0.4, 0.5) is 0 Å². The maximum Gasteiger partial charge on any atom is 0.292 e. The van der Waals surface area contributed by atoms with E-state index >= 15 is 0 Å². The average molecular weight is 379 g/mol. The van der Waals surface area contributed by atoms with Gasteiger partial charge in [-0.15, -0.1) is 5.10 Å². The first-order chi connectivity index (χ1) is 12.4. The van der Waals surface area contributed by atoms with Crippen LogP contribution >= 0.6 is 12.2 Å². The van der Waals surface area contributed by atoms with Crippen LogP contribution in [0.5, 0.6) is 11.5 Å². The molecule has 2 aromatic rings. The molecule has 0 spiro atoms. The molecule has 1 aromatic carbocycles. The molecule has 0 unspecified atom stereocenters. The van der Waals surface area contributed by atoms with E-state index in [9.17, 15) is 0 Å². The molecule has 1 atom stereocenters. The van der Waals surface area contributed by atoms with Crippen LogP contribution in [-0.2, 0) is 6.67 Å². The molecule has 0 amide bonds. The van der Waals surface area contributed by atoms with Gasteiger partial charge < -0.3 is 18.8 Å². The fourth-order valence-corrected chi connectivity index (χ4v) is 3.46. The van der Waals surface area contributed by atoms with Crippen molar-refractivity contribution in [2.45, 2.75) is 40.5 Å². The highest BCUT2D eigenvalue weighted by Crippen LogP contribution is 2.35. The molecule has 7 heteroatoms. The number of nitrogens with zero attached hydrogens (tertiary/aromatic N) is 2. The summed E-state index contributed by atoms with van der Waals surface area (Å²) >= 11 is 5.39. The first-order valence-electron chi connectivity index (χ1n) is 9.22. The normalized spacial score (nSPS) is 16.7. The molecule has 0 aliphatic carbocycles. The third kappa shape index (κ3) is 4.65. The zero-order chi connectivity index (χ0) is 18.7. The first-order valence-corrected chi connectivity index (χ1v) is 9.63. The van der Waals surface area contributed by atoms with Crippen LogP contribution in [0.25, 0.3) is 0 Å². The van der Waals surface area contributed by atoms with Crippen LogP contribution in [-0.4, -0.2) is 29.5 Å². The van der Waals surface area contributed by atoms with E-state index in [0.29, 0.717) is 41.6 Å². The molecule has 3 rings (SSSR count). The second-order valence-electron chi connectivity index (χ2n) is 7.67. The van der Waals surface area contributed by atoms with Gasteiger partial charge in [-0.25, -0.2) is 0 Å². The van der Waals surface area contributed by atoms with Crippen molar-refractivity contribution in [3.63, 3.8) is 0 Å². The number of rotatable bonds is 7. The molecular weight excluding hydrogens is 350 g/mol. The van der Waals surface area contributed by atoms with Crippen LogP contribution in [0.2, 0.25) is 0 Å². The van der Waals surface area contributed by atoms with Crippen LogP contribution in [0.1, 0.15) is 39.7 Å². The van der Waals surface area contributed by atoms with E-state index in [4.69, 9.17) is 26.1 Å². The zero-order valence-electron chi connectivity index (χ0n) is 15.9. The minimum absolute atomic E-state index is 0.362. The second-order valence-corrected chi connectivity index (χ2v) is 8.02. The zero-order valence-corrected chi connectivity index (χ0v) is 16.7. The van der Waals surface area contributed by atoms with Gasteiger partial charge in [-0.2, -0.15) is 4.68 Å². The summed E-state index contributed by atoms with van der Waals surface area (Å²) in [6, 6.07) is 7.60. The van der Waals surface area contributed by atoms with E-state index in [0.717, 1.165) is 18.8 Å². The van der Waals surface area contributed by atoms with Gasteiger partial charge in [0.25, 0.3) is 10.7 Å². The Hall–Kier alpha value is -1.86. The van der Waals surface area contributed by atoms with Gasteiger partial charge in [0.2, 0.25) is 6.10 Å². The Morgan fingerprint density at radius 1 is 1.15 bits per heavy atom. The minimum Gasteiger partial charge on any atom is -0.485 e. The minimum atomic E-state index is -0.383. The number of quaternary nitrogens is 1. The van der Waals surface area contributed by atoms with Crippen molar-refractivity contribution in [2.24, 2.45) is 11.8 Å². The Morgan fingerprint density at radius 3 is 2.46 bits per heavy atom. The molecule has 142 valence electrons. The van der Waals surface area contributed by atoms with Gasteiger partial charge in [-0.05, 0) is 24.4 Å². The molecule has 26 heavy (non-hydrogen) atoms. The maximum atomic E-state index is 5.97. The summed E-state index contributed by atoms with van der Waals surface area (Å²) in [5, 5.41) is 4.58. The number of benzene rings is 1. The number of fused-ring (bicyclic) bond motifs is 1. The summed E-state index contributed by atoms with van der Waals surface area (Å²) in [7, 11) is 0. The topological polar surface area (TPSA) is 53.9 Å². The van der Waals surface area contributed by atoms with E-state index in [1.54, 1.807) is 4.68 Å². The number of hydrogen-bond acceptors (Lipinski definition) is 5. The van der Waals surface area contributed by atoms with Gasteiger partial charge in [0.1, 0.15) is 6.61 Å². The highest BCUT2D eigenvalue weighted by Gasteiger charge is 2.28. The van der Waals surface area contributed by atoms with Crippen LogP contribution in [0, 0.1) is 16.7 Å². The lowest BCUT2D eigenvalue weighted by Crippen LogP contribution is -3.12. The smallest absolute Gasteiger partial charge is 0.292 e. The summed E-state index contributed by atoms with van der Waals surface area (Å²) in [5.41, 5.74) is 0. The highest BCUT2D eigenvalue weighted by molar-refractivity contribution is 7.71. The fraction of sp³-hybridized carbons (Fsp3) is 0.579. The number of para-hydroxylation sites is 2. The molecule has 0 saturated heterocycles. The van der Waals surface area contributed by atoms with Crippen molar-refractivity contribution in [3.05, 3.63) is 35.0 Å². The Balaban J connectivity index is 1.73. The third-order valence-electron chi connectivity index (χ3n) is 4.17. The lowest BCUT2D eigenvalue weighted by atomic mass is 10.1. The molecule has 0 saturated carbocycles. The van der Waals surface area contributed by atoms with Gasteiger partial charge in [0.15, 0.2) is 18.2 Å². The number of ether oxygens (including phenoxy) is 2. The van der Waals surface area contributed by atoms with Crippen LogP contribution < -0.4 is 14.4 Å². The fourth-order valence-electron chi connectivity index (χ4n) is 3.27. The largest absolute Gasteiger partial charge is 0.485 e. The van der Waals surface area contributed by atoms with Gasteiger partial charge in [-0.1, -0.05) is 39.8 Å². The lowest BCUT2D eigenvalue weighted by molar-refractivity contribution is -0.929. The van der Waals surface area contributed by atoms with E-state index in [-0.39, 0.29) is 6.10 Å². The molecule has 1 aromatic heterocycles. The third-order valence-corrected chi connectivity index (χ3v) is 4.47. The van der Waals surface area contributed by atoms with Crippen molar-refractivity contribution >= 4 is 12.2 Å². The van der Waals surface area contributed by atoms with Crippen molar-refractivity contribution in [1.82, 2.24) is 9.78 Å². The quantitative estimate of drug-likeness (QED) is 0.751. The molecule has 2 heterocycles. The van der Waals surface area contributed by atoms with E-state index < -0.39 is 0 Å². The first kappa shape index (κ1) is 18.9. The lowest BCUT2D eigenvalue weighted by Gasteiger charge is -2.24. The van der Waals surface area contributed by atoms with Gasteiger partial charge in [0, 0.05) is 11.8 Å². The van der Waals surface area contributed by atoms with Crippen molar-refractivity contribution < 1.29 is 18.8 Å². The molecule has 6 nitrogen and oxygen atoms in total. The Kier molecular flexibility index (Phi) is 5.98. The van der Waals surface area contributed by atoms with Crippen molar-refractivity contribution in [1.29, 1.82) is 0 Å². The molecule has 1 aliphatic rings. The maximum absolute atomic E-state index is 5.97. The summed E-state index contributed by atoms with van der Waals surface area (Å²) in [6.45, 7) is 12.1. The Labute approximate surface area is 159 Å². The predicted molar refractivity (Wildman–Crippen MR) is 101 cm³/mol. The molecule has 1 N–H and O–H groups in total. The van der Waals surface area contributed by atoms with Gasteiger partial charge in [0.05, 0.1) is 13.1 Å². The molecule has 1 aliphatic heterocycles. The van der Waals surface area contributed by atoms with Crippen LogP contribution in [0.3, 0.4) is 0 Å². The average Bonchev–Trinajstić information content (AvgIpc) is 2.94. The SMILES string of the molecule is CC(C)C[NH+](CC(C)C)Cn1nc([C@@H]2COc3ccccc3O2)oc1=S. The standard InChI is InChI=1S/C19H27N3O3S/c1-13(2)9-21(10-14(3)4)12-22-19(26)25-18(20-22)17-11-23-15-7-5-6-8-16(15)24-17/h5-8,13-14,17H,9-12H2,1-4H3/p+1/t17-/m0/s1. The predicted octanol–water partition coefficient (Wildman–Crippen LogP) is 2.87. The summed E-state index contributed by atoms with van der Waals surface area (Å²) < 4.78 is 19.2. The monoisotopic (exact) mass is 378 g/mol. The van der Waals surface area contributed by atoms with E-state index in [2.05, 4.69) is 32.8 Å². The van der Waals surface area contributed by atoms with Crippen LogP contribution in [0.15, 0.2) is 28.7 Å². The highest BCUT2D eigenvalue weighted by atomic mass is 32.1. The second kappa shape index (κ2) is 8.22. The van der Waals surface area contributed by atoms with Gasteiger partial charge >= 0.3 is 0 Å². The summed E-state index contributed by atoms with van der Waals surface area (Å²) in [6.07, 6.45) is -0.383. The van der Waals surface area contributed by atoms with E-state index in [1.165, 1.54) is 4.90 Å². The number of hydrogen-bond donors (Lipinski definition) is 1. The van der Waals surface area contributed by atoms with Gasteiger partial charge in [-0.3, -0.25) is 0 Å². The number of nitrogens with one attached hydrogen (secondary N) is 1.